The lowest BCUT2D eigenvalue weighted by Gasteiger charge is -2.33. The highest BCUT2D eigenvalue weighted by Crippen LogP contribution is 2.30. The van der Waals surface area contributed by atoms with Crippen LogP contribution in [0.3, 0.4) is 0 Å². The molecule has 0 aromatic rings. The smallest absolute Gasteiger partial charge is 0.332 e. The predicted molar refractivity (Wildman–Crippen MR) is 49.5 cm³/mol. The molecule has 3 heteroatoms. The van der Waals surface area contributed by atoms with Crippen molar-refractivity contribution in [3.05, 3.63) is 0 Å². The van der Waals surface area contributed by atoms with E-state index in [1.165, 1.54) is 13.5 Å². The number of esters is 1. The topological polar surface area (TPSA) is 35.5 Å². The van der Waals surface area contributed by atoms with Gasteiger partial charge < -0.3 is 9.47 Å². The molecular weight excluding hydrogens is 168 g/mol. The van der Waals surface area contributed by atoms with E-state index >= 15 is 0 Å². The van der Waals surface area contributed by atoms with Gasteiger partial charge in [-0.25, -0.2) is 4.79 Å². The van der Waals surface area contributed by atoms with Crippen molar-refractivity contribution in [2.24, 2.45) is 0 Å². The van der Waals surface area contributed by atoms with E-state index in [0.717, 1.165) is 25.7 Å². The third-order valence-electron chi connectivity index (χ3n) is 2.53. The standard InChI is InChI=1S/C10H18O3/c1-10(6-4-3-5-7-10)13-9(11)8-12-2/h3-8H2,1-2H3. The Labute approximate surface area is 79.4 Å². The molecule has 0 N–H and O–H groups in total. The zero-order valence-electron chi connectivity index (χ0n) is 8.47. The fourth-order valence-electron chi connectivity index (χ4n) is 1.82. The van der Waals surface area contributed by atoms with E-state index in [9.17, 15) is 4.79 Å². The van der Waals surface area contributed by atoms with Crippen LogP contribution in [0.25, 0.3) is 0 Å². The van der Waals surface area contributed by atoms with Crippen molar-refractivity contribution in [2.45, 2.75) is 44.6 Å². The maximum Gasteiger partial charge on any atom is 0.332 e. The van der Waals surface area contributed by atoms with Crippen LogP contribution < -0.4 is 0 Å². The predicted octanol–water partition coefficient (Wildman–Crippen LogP) is 1.90. The van der Waals surface area contributed by atoms with Gasteiger partial charge in [0.1, 0.15) is 12.2 Å². The Balaban J connectivity index is 2.36. The molecule has 0 saturated heterocycles. The molecule has 1 saturated carbocycles. The lowest BCUT2D eigenvalue weighted by Crippen LogP contribution is -2.35. The number of hydrogen-bond acceptors (Lipinski definition) is 3. The van der Waals surface area contributed by atoms with E-state index in [1.54, 1.807) is 0 Å². The van der Waals surface area contributed by atoms with Crippen LogP contribution in [0.5, 0.6) is 0 Å². The average Bonchev–Trinajstić information content (AvgIpc) is 2.04. The number of ether oxygens (including phenoxy) is 2. The molecule has 0 aromatic carbocycles. The van der Waals surface area contributed by atoms with E-state index in [0.29, 0.717) is 0 Å². The molecule has 1 aliphatic rings. The first kappa shape index (κ1) is 10.5. The van der Waals surface area contributed by atoms with Crippen molar-refractivity contribution in [3.8, 4) is 0 Å². The maximum atomic E-state index is 11.2. The summed E-state index contributed by atoms with van der Waals surface area (Å²) in [5.41, 5.74) is -0.228. The fourth-order valence-corrected chi connectivity index (χ4v) is 1.82. The minimum atomic E-state index is -0.244. The van der Waals surface area contributed by atoms with Crippen molar-refractivity contribution in [1.82, 2.24) is 0 Å². The molecule has 1 fully saturated rings. The minimum absolute atomic E-state index is 0.0651. The molecule has 0 spiro atoms. The van der Waals surface area contributed by atoms with Crippen LogP contribution in [-0.4, -0.2) is 25.3 Å². The van der Waals surface area contributed by atoms with Crippen molar-refractivity contribution < 1.29 is 14.3 Å². The largest absolute Gasteiger partial charge is 0.458 e. The second-order valence-electron chi connectivity index (χ2n) is 3.92. The van der Waals surface area contributed by atoms with Crippen molar-refractivity contribution in [3.63, 3.8) is 0 Å². The lowest BCUT2D eigenvalue weighted by atomic mass is 9.86. The van der Waals surface area contributed by atoms with Gasteiger partial charge in [-0.1, -0.05) is 6.42 Å². The molecular formula is C10H18O3. The fraction of sp³-hybridized carbons (Fsp3) is 0.900. The molecule has 0 atom stereocenters. The Morgan fingerprint density at radius 2 is 1.92 bits per heavy atom. The van der Waals surface area contributed by atoms with Crippen LogP contribution in [-0.2, 0) is 14.3 Å². The first-order valence-corrected chi connectivity index (χ1v) is 4.87. The highest BCUT2D eigenvalue weighted by atomic mass is 16.6. The molecule has 0 aromatic heterocycles. The van der Waals surface area contributed by atoms with E-state index in [2.05, 4.69) is 0 Å². The van der Waals surface area contributed by atoms with Crippen LogP contribution in [0.2, 0.25) is 0 Å². The summed E-state index contributed by atoms with van der Waals surface area (Å²) in [6.07, 6.45) is 5.57. The van der Waals surface area contributed by atoms with E-state index < -0.39 is 0 Å². The van der Waals surface area contributed by atoms with Crippen LogP contribution >= 0.6 is 0 Å². The molecule has 0 aliphatic heterocycles. The number of methoxy groups -OCH3 is 1. The van der Waals surface area contributed by atoms with Gasteiger partial charge in [-0.2, -0.15) is 0 Å². The summed E-state index contributed by atoms with van der Waals surface area (Å²) < 4.78 is 10.1. The van der Waals surface area contributed by atoms with Gasteiger partial charge in [0.15, 0.2) is 0 Å². The van der Waals surface area contributed by atoms with Gasteiger partial charge in [-0.3, -0.25) is 0 Å². The van der Waals surface area contributed by atoms with Gasteiger partial charge in [0.2, 0.25) is 0 Å². The summed E-state index contributed by atoms with van der Waals surface area (Å²) in [5, 5.41) is 0. The van der Waals surface area contributed by atoms with Crippen molar-refractivity contribution in [1.29, 1.82) is 0 Å². The number of rotatable bonds is 3. The van der Waals surface area contributed by atoms with Crippen LogP contribution in [0.4, 0.5) is 0 Å². The number of carbonyl (C=O) groups is 1. The Bertz CT molecular complexity index is 171. The zero-order chi connectivity index (χ0) is 9.73. The number of hydrogen-bond donors (Lipinski definition) is 0. The monoisotopic (exact) mass is 186 g/mol. The second kappa shape index (κ2) is 4.61. The van der Waals surface area contributed by atoms with Gasteiger partial charge >= 0.3 is 5.97 Å². The molecule has 0 unspecified atom stereocenters. The minimum Gasteiger partial charge on any atom is -0.458 e. The van der Waals surface area contributed by atoms with Gasteiger partial charge in [0.25, 0.3) is 0 Å². The molecule has 0 amide bonds. The molecule has 3 nitrogen and oxygen atoms in total. The molecule has 0 radical (unpaired) electrons. The van der Waals surface area contributed by atoms with Crippen molar-refractivity contribution >= 4 is 5.97 Å². The molecule has 76 valence electrons. The van der Waals surface area contributed by atoms with Crippen LogP contribution in [0.15, 0.2) is 0 Å². The number of carbonyl (C=O) groups excluding carboxylic acids is 1. The Hall–Kier alpha value is -0.570. The highest BCUT2D eigenvalue weighted by Gasteiger charge is 2.30. The Kier molecular flexibility index (Phi) is 3.72. The molecule has 0 heterocycles. The van der Waals surface area contributed by atoms with Gasteiger partial charge in [-0.15, -0.1) is 0 Å². The Morgan fingerprint density at radius 1 is 1.31 bits per heavy atom. The summed E-state index contributed by atoms with van der Waals surface area (Å²) >= 11 is 0. The van der Waals surface area contributed by atoms with Crippen molar-refractivity contribution in [2.75, 3.05) is 13.7 Å². The summed E-state index contributed by atoms with van der Waals surface area (Å²) in [6, 6.07) is 0. The molecule has 0 bridgehead atoms. The van der Waals surface area contributed by atoms with Crippen LogP contribution in [0.1, 0.15) is 39.0 Å². The van der Waals surface area contributed by atoms with Gasteiger partial charge in [0, 0.05) is 7.11 Å². The van der Waals surface area contributed by atoms with E-state index in [4.69, 9.17) is 9.47 Å². The summed E-state index contributed by atoms with van der Waals surface area (Å²) in [6.45, 7) is 2.08. The summed E-state index contributed by atoms with van der Waals surface area (Å²) in [4.78, 5) is 11.2. The zero-order valence-corrected chi connectivity index (χ0v) is 8.47. The van der Waals surface area contributed by atoms with Crippen LogP contribution in [0, 0.1) is 0 Å². The third kappa shape index (κ3) is 3.35. The molecule has 1 rings (SSSR count). The van der Waals surface area contributed by atoms with E-state index in [-0.39, 0.29) is 18.2 Å². The quantitative estimate of drug-likeness (QED) is 0.631. The first-order valence-electron chi connectivity index (χ1n) is 4.87. The maximum absolute atomic E-state index is 11.2. The summed E-state index contributed by atoms with van der Waals surface area (Å²) in [5.74, 6) is -0.244. The lowest BCUT2D eigenvalue weighted by molar-refractivity contribution is -0.165. The second-order valence-corrected chi connectivity index (χ2v) is 3.92. The van der Waals surface area contributed by atoms with E-state index in [1.807, 2.05) is 6.92 Å². The Morgan fingerprint density at radius 3 is 2.46 bits per heavy atom. The van der Waals surface area contributed by atoms with Gasteiger partial charge in [0.05, 0.1) is 0 Å². The average molecular weight is 186 g/mol. The normalized spacial score (nSPS) is 21.1. The first-order chi connectivity index (χ1) is 6.16. The summed E-state index contributed by atoms with van der Waals surface area (Å²) in [7, 11) is 1.50. The highest BCUT2D eigenvalue weighted by molar-refractivity contribution is 5.71. The molecule has 1 aliphatic carbocycles. The SMILES string of the molecule is COCC(=O)OC1(C)CCCCC1. The van der Waals surface area contributed by atoms with Gasteiger partial charge in [-0.05, 0) is 32.6 Å². The molecule has 13 heavy (non-hydrogen) atoms. The third-order valence-corrected chi connectivity index (χ3v) is 2.53.